The molecule has 1 aromatic rings. The fourth-order valence-electron chi connectivity index (χ4n) is 1.72. The summed E-state index contributed by atoms with van der Waals surface area (Å²) in [5.41, 5.74) is -2.62. The molecule has 0 saturated heterocycles. The molecule has 0 aliphatic carbocycles. The quantitative estimate of drug-likeness (QED) is 0.646. The van der Waals surface area contributed by atoms with E-state index in [0.29, 0.717) is 6.20 Å². The van der Waals surface area contributed by atoms with Crippen LogP contribution >= 0.6 is 0 Å². The number of amides is 1. The smallest absolute Gasteiger partial charge is 0.322 e. The maximum absolute atomic E-state index is 13.0. The van der Waals surface area contributed by atoms with Gasteiger partial charge in [-0.25, -0.2) is 0 Å². The van der Waals surface area contributed by atoms with Crippen molar-refractivity contribution in [1.29, 1.82) is 0 Å². The molecule has 1 heterocycles. The number of carbonyl (C=O) groups excluding carboxylic acids is 1. The van der Waals surface area contributed by atoms with Crippen LogP contribution in [0.25, 0.3) is 0 Å². The van der Waals surface area contributed by atoms with Crippen LogP contribution in [-0.4, -0.2) is 21.9 Å². The lowest BCUT2D eigenvalue weighted by atomic mass is 10.2. The van der Waals surface area contributed by atoms with Crippen molar-refractivity contribution in [3.63, 3.8) is 0 Å². The van der Waals surface area contributed by atoms with E-state index in [1.807, 2.05) is 0 Å². The fourth-order valence-corrected chi connectivity index (χ4v) is 1.72. The minimum atomic E-state index is -5.18. The number of aromatic nitrogens is 2. The van der Waals surface area contributed by atoms with E-state index in [9.17, 15) is 31.1 Å². The van der Waals surface area contributed by atoms with Crippen molar-refractivity contribution in [1.82, 2.24) is 15.1 Å². The largest absolute Gasteiger partial charge is 0.433 e. The average molecular weight is 353 g/mol. The van der Waals surface area contributed by atoms with Crippen LogP contribution in [0.5, 0.6) is 0 Å². The molecule has 1 aromatic heterocycles. The molecule has 0 atom stereocenters. The van der Waals surface area contributed by atoms with E-state index >= 15 is 0 Å². The Morgan fingerprint density at radius 3 is 2.42 bits per heavy atom. The highest BCUT2D eigenvalue weighted by atomic mass is 19.4. The summed E-state index contributed by atoms with van der Waals surface area (Å²) < 4.78 is 76.0. The Hall–Kier alpha value is -2.52. The molecule has 24 heavy (non-hydrogen) atoms. The predicted molar refractivity (Wildman–Crippen MR) is 73.8 cm³/mol. The zero-order valence-corrected chi connectivity index (χ0v) is 12.4. The van der Waals surface area contributed by atoms with Crippen LogP contribution in [0.15, 0.2) is 42.8 Å². The van der Waals surface area contributed by atoms with Crippen LogP contribution < -0.4 is 5.32 Å². The normalized spacial score (nSPS) is 13.4. The molecule has 0 unspecified atom stereocenters. The van der Waals surface area contributed by atoms with Gasteiger partial charge in [0.2, 0.25) is 0 Å². The molecule has 0 saturated carbocycles. The van der Waals surface area contributed by atoms with Crippen LogP contribution in [0.1, 0.15) is 23.0 Å². The summed E-state index contributed by atoms with van der Waals surface area (Å²) in [5, 5.41) is 5.21. The van der Waals surface area contributed by atoms with Crippen LogP contribution in [0, 0.1) is 0 Å². The number of hydrogen-bond acceptors (Lipinski definition) is 2. The third kappa shape index (κ3) is 5.28. The van der Waals surface area contributed by atoms with E-state index in [-0.39, 0.29) is 10.4 Å². The summed E-state index contributed by atoms with van der Waals surface area (Å²) in [7, 11) is 0. The molecule has 4 nitrogen and oxygen atoms in total. The molecule has 0 aliphatic heterocycles. The van der Waals surface area contributed by atoms with E-state index in [4.69, 9.17) is 0 Å². The number of halogens is 6. The van der Waals surface area contributed by atoms with Gasteiger partial charge in [-0.2, -0.15) is 31.4 Å². The van der Waals surface area contributed by atoms with Crippen molar-refractivity contribution < 1.29 is 31.1 Å². The highest BCUT2D eigenvalue weighted by Crippen LogP contribution is 2.33. The Labute approximate surface area is 133 Å². The molecule has 10 heteroatoms. The van der Waals surface area contributed by atoms with E-state index in [2.05, 4.69) is 17.0 Å². The second kappa shape index (κ2) is 7.37. The van der Waals surface area contributed by atoms with Gasteiger partial charge >= 0.3 is 12.4 Å². The van der Waals surface area contributed by atoms with Crippen LogP contribution in [0.2, 0.25) is 0 Å². The molecule has 0 aromatic carbocycles. The van der Waals surface area contributed by atoms with Crippen LogP contribution in [0.3, 0.4) is 0 Å². The molecule has 0 radical (unpaired) electrons. The first kappa shape index (κ1) is 19.5. The predicted octanol–water partition coefficient (Wildman–Crippen LogP) is 3.84. The standard InChI is InChI=1S/C14H13F6N3O/c1-3-5-6-9(4-2)22-12(24)10-7-21-23(8-13(15,16)17)11(10)14(18,19)20/h3-7H,1,8H2,2H3,(H,22,24)/b6-5-,9-4+. The zero-order chi connectivity index (χ0) is 18.5. The van der Waals surface area contributed by atoms with Gasteiger partial charge in [0, 0.05) is 5.70 Å². The Morgan fingerprint density at radius 1 is 1.33 bits per heavy atom. The number of nitrogens with zero attached hydrogens (tertiary/aromatic N) is 2. The number of rotatable bonds is 5. The van der Waals surface area contributed by atoms with Gasteiger partial charge in [-0.05, 0) is 13.0 Å². The third-order valence-electron chi connectivity index (χ3n) is 2.66. The fraction of sp³-hybridized carbons (Fsp3) is 0.286. The Balaban J connectivity index is 3.22. The highest BCUT2D eigenvalue weighted by molar-refractivity contribution is 5.96. The van der Waals surface area contributed by atoms with Crippen molar-refractivity contribution in [3.8, 4) is 0 Å². The minimum Gasteiger partial charge on any atom is -0.322 e. The van der Waals surface area contributed by atoms with E-state index in [1.165, 1.54) is 31.2 Å². The molecule has 1 rings (SSSR count). The summed E-state index contributed by atoms with van der Waals surface area (Å²) in [6, 6.07) is 0. The monoisotopic (exact) mass is 353 g/mol. The average Bonchev–Trinajstić information content (AvgIpc) is 2.84. The first-order valence-corrected chi connectivity index (χ1v) is 6.46. The first-order valence-electron chi connectivity index (χ1n) is 6.46. The Bertz CT molecular complexity index is 667. The summed E-state index contributed by atoms with van der Waals surface area (Å²) in [4.78, 5) is 12.0. The molecule has 1 amide bonds. The molecule has 0 fully saturated rings. The van der Waals surface area contributed by atoms with Crippen molar-refractivity contribution in [2.45, 2.75) is 25.8 Å². The number of carbonyl (C=O) groups is 1. The van der Waals surface area contributed by atoms with Crippen molar-refractivity contribution in [2.75, 3.05) is 0 Å². The molecule has 0 aliphatic rings. The number of alkyl halides is 6. The lowest BCUT2D eigenvalue weighted by molar-refractivity contribution is -0.161. The van der Waals surface area contributed by atoms with Gasteiger partial charge in [0.15, 0.2) is 5.69 Å². The minimum absolute atomic E-state index is 0.150. The number of nitrogens with one attached hydrogen (secondary N) is 1. The summed E-state index contributed by atoms with van der Waals surface area (Å²) >= 11 is 0. The second-order valence-corrected chi connectivity index (χ2v) is 4.47. The van der Waals surface area contributed by atoms with Gasteiger partial charge in [0.1, 0.15) is 6.54 Å². The van der Waals surface area contributed by atoms with Crippen molar-refractivity contribution in [3.05, 3.63) is 54.0 Å². The Kier molecular flexibility index (Phi) is 5.99. The van der Waals surface area contributed by atoms with Crippen LogP contribution in [0.4, 0.5) is 26.3 Å². The molecule has 0 spiro atoms. The molecular formula is C14H13F6N3O. The van der Waals surface area contributed by atoms with Gasteiger partial charge in [0.25, 0.3) is 5.91 Å². The maximum Gasteiger partial charge on any atom is 0.433 e. The van der Waals surface area contributed by atoms with Crippen LogP contribution in [-0.2, 0) is 12.7 Å². The van der Waals surface area contributed by atoms with Gasteiger partial charge in [-0.15, -0.1) is 0 Å². The van der Waals surface area contributed by atoms with E-state index in [0.717, 1.165) is 0 Å². The second-order valence-electron chi connectivity index (χ2n) is 4.47. The van der Waals surface area contributed by atoms with Gasteiger partial charge in [0.05, 0.1) is 11.8 Å². The lowest BCUT2D eigenvalue weighted by Gasteiger charge is -2.14. The molecule has 132 valence electrons. The van der Waals surface area contributed by atoms with E-state index < -0.39 is 36.1 Å². The van der Waals surface area contributed by atoms with Gasteiger partial charge in [-0.3, -0.25) is 9.48 Å². The lowest BCUT2D eigenvalue weighted by Crippen LogP contribution is -2.28. The summed E-state index contributed by atoms with van der Waals surface area (Å²) in [6.07, 6.45) is -4.09. The Morgan fingerprint density at radius 2 is 1.96 bits per heavy atom. The van der Waals surface area contributed by atoms with Crippen molar-refractivity contribution in [2.24, 2.45) is 0 Å². The SMILES string of the molecule is C=C/C=C\C(=C/C)NC(=O)c1cnn(CC(F)(F)F)c1C(F)(F)F. The molecule has 0 bridgehead atoms. The number of allylic oxidation sites excluding steroid dienone is 4. The topological polar surface area (TPSA) is 46.9 Å². The van der Waals surface area contributed by atoms with E-state index in [1.54, 1.807) is 0 Å². The highest BCUT2D eigenvalue weighted by Gasteiger charge is 2.42. The summed E-state index contributed by atoms with van der Waals surface area (Å²) in [5.74, 6) is -1.22. The van der Waals surface area contributed by atoms with Gasteiger partial charge < -0.3 is 5.32 Å². The maximum atomic E-state index is 13.0. The molecule has 1 N–H and O–H groups in total. The molecular weight excluding hydrogens is 340 g/mol. The zero-order valence-electron chi connectivity index (χ0n) is 12.4. The van der Waals surface area contributed by atoms with Crippen molar-refractivity contribution >= 4 is 5.91 Å². The first-order chi connectivity index (χ1) is 11.0. The number of hydrogen-bond donors (Lipinski definition) is 1. The summed E-state index contributed by atoms with van der Waals surface area (Å²) in [6.45, 7) is 2.95. The van der Waals surface area contributed by atoms with Gasteiger partial charge in [-0.1, -0.05) is 24.8 Å². The third-order valence-corrected chi connectivity index (χ3v) is 2.66.